The number of nitrogens with one attached hydrogen (secondary N) is 2. The molecule has 162 valence electrons. The van der Waals surface area contributed by atoms with Crippen LogP contribution in [-0.4, -0.2) is 38.3 Å². The third kappa shape index (κ3) is 6.77. The van der Waals surface area contributed by atoms with E-state index in [2.05, 4.69) is 20.5 Å². The zero-order chi connectivity index (χ0) is 23.0. The van der Waals surface area contributed by atoms with Crippen LogP contribution in [0.4, 0.5) is 13.2 Å². The highest BCUT2D eigenvalue weighted by Gasteiger charge is 2.38. The maximum Gasteiger partial charge on any atom is 0.490 e. The molecule has 2 aromatic heterocycles. The first-order valence-electron chi connectivity index (χ1n) is 8.72. The summed E-state index contributed by atoms with van der Waals surface area (Å²) in [4.78, 5) is 37.1. The molecule has 2 heterocycles. The number of H-pyrrole nitrogens is 1. The number of aromatic amines is 1. The number of rotatable bonds is 4. The van der Waals surface area contributed by atoms with Crippen molar-refractivity contribution in [1.29, 1.82) is 0 Å². The lowest BCUT2D eigenvalue weighted by molar-refractivity contribution is -0.192. The Labute approximate surface area is 173 Å². The molecule has 0 saturated heterocycles. The molecular formula is C20H17F3N4O4. The normalized spacial score (nSPS) is 10.6. The summed E-state index contributed by atoms with van der Waals surface area (Å²) < 4.78 is 31.7. The van der Waals surface area contributed by atoms with Gasteiger partial charge in [-0.3, -0.25) is 14.6 Å². The zero-order valence-corrected chi connectivity index (χ0v) is 16.1. The van der Waals surface area contributed by atoms with Gasteiger partial charge in [-0.1, -0.05) is 24.3 Å². The first-order valence-corrected chi connectivity index (χ1v) is 8.72. The molecule has 0 saturated carbocycles. The van der Waals surface area contributed by atoms with Gasteiger partial charge >= 0.3 is 12.1 Å². The first-order chi connectivity index (χ1) is 14.6. The molecule has 0 spiro atoms. The molecule has 3 rings (SSSR count). The highest BCUT2D eigenvalue weighted by Crippen LogP contribution is 2.15. The number of carbonyl (C=O) groups excluding carboxylic acids is 1. The van der Waals surface area contributed by atoms with E-state index >= 15 is 0 Å². The van der Waals surface area contributed by atoms with Crippen LogP contribution in [0.5, 0.6) is 0 Å². The molecular weight excluding hydrogens is 417 g/mol. The minimum atomic E-state index is -5.08. The number of aromatic nitrogens is 3. The van der Waals surface area contributed by atoms with Crippen LogP contribution in [0, 0.1) is 6.92 Å². The summed E-state index contributed by atoms with van der Waals surface area (Å²) in [5.41, 5.74) is 2.89. The lowest BCUT2D eigenvalue weighted by Crippen LogP contribution is -2.30. The second-order valence-electron chi connectivity index (χ2n) is 6.14. The van der Waals surface area contributed by atoms with Crippen molar-refractivity contribution < 1.29 is 27.9 Å². The fraction of sp³-hybridized carbons (Fsp3) is 0.150. The summed E-state index contributed by atoms with van der Waals surface area (Å²) in [7, 11) is 0. The van der Waals surface area contributed by atoms with Gasteiger partial charge in [0.25, 0.3) is 11.5 Å². The topological polar surface area (TPSA) is 125 Å². The van der Waals surface area contributed by atoms with Gasteiger partial charge in [-0.15, -0.1) is 0 Å². The molecule has 3 aromatic rings. The van der Waals surface area contributed by atoms with Crippen molar-refractivity contribution in [3.8, 4) is 11.3 Å². The predicted molar refractivity (Wildman–Crippen MR) is 104 cm³/mol. The SMILES string of the molecule is Cc1ccccc1CNC(=O)c1cc(-c2ccncc2)n[nH]c1=O.O=C(O)C(F)(F)F. The monoisotopic (exact) mass is 434 g/mol. The molecule has 11 heteroatoms. The summed E-state index contributed by atoms with van der Waals surface area (Å²) in [6.45, 7) is 2.33. The van der Waals surface area contributed by atoms with Crippen molar-refractivity contribution in [3.63, 3.8) is 0 Å². The van der Waals surface area contributed by atoms with Crippen molar-refractivity contribution in [3.05, 3.63) is 81.9 Å². The molecule has 0 fully saturated rings. The molecule has 0 aliphatic carbocycles. The smallest absolute Gasteiger partial charge is 0.475 e. The third-order valence-corrected chi connectivity index (χ3v) is 3.97. The number of hydrogen-bond donors (Lipinski definition) is 3. The van der Waals surface area contributed by atoms with Crippen molar-refractivity contribution in [2.45, 2.75) is 19.6 Å². The van der Waals surface area contributed by atoms with E-state index in [9.17, 15) is 22.8 Å². The minimum Gasteiger partial charge on any atom is -0.475 e. The largest absolute Gasteiger partial charge is 0.490 e. The number of aryl methyl sites for hydroxylation is 1. The predicted octanol–water partition coefficient (Wildman–Crippen LogP) is 2.70. The van der Waals surface area contributed by atoms with E-state index in [1.807, 2.05) is 31.2 Å². The molecule has 0 aliphatic heterocycles. The van der Waals surface area contributed by atoms with Gasteiger partial charge in [0.15, 0.2) is 0 Å². The fourth-order valence-corrected chi connectivity index (χ4v) is 2.32. The molecule has 8 nitrogen and oxygen atoms in total. The van der Waals surface area contributed by atoms with Gasteiger partial charge in [-0.25, -0.2) is 9.89 Å². The van der Waals surface area contributed by atoms with Crippen LogP contribution >= 0.6 is 0 Å². The number of benzene rings is 1. The Balaban J connectivity index is 0.000000423. The Kier molecular flexibility index (Phi) is 7.61. The van der Waals surface area contributed by atoms with Crippen molar-refractivity contribution >= 4 is 11.9 Å². The van der Waals surface area contributed by atoms with Crippen molar-refractivity contribution in [2.24, 2.45) is 0 Å². The lowest BCUT2D eigenvalue weighted by atomic mass is 10.1. The Bertz CT molecular complexity index is 1120. The average Bonchev–Trinajstić information content (AvgIpc) is 2.73. The van der Waals surface area contributed by atoms with E-state index in [0.717, 1.165) is 16.7 Å². The van der Waals surface area contributed by atoms with E-state index in [4.69, 9.17) is 9.90 Å². The second kappa shape index (κ2) is 10.1. The van der Waals surface area contributed by atoms with Gasteiger partial charge in [0, 0.05) is 24.5 Å². The van der Waals surface area contributed by atoms with Gasteiger partial charge in [0.1, 0.15) is 5.56 Å². The standard InChI is InChI=1S/C18H16N4O2.C2HF3O2/c1-12-4-2-3-5-14(12)11-20-17(23)15-10-16(21-22-18(15)24)13-6-8-19-9-7-13;3-2(4,5)1(6)7/h2-10H,11H2,1H3,(H,20,23)(H,22,24);(H,6,7). The zero-order valence-electron chi connectivity index (χ0n) is 16.1. The number of amides is 1. The molecule has 0 aliphatic rings. The Morgan fingerprint density at radius 2 is 1.74 bits per heavy atom. The average molecular weight is 434 g/mol. The number of carboxylic acids is 1. The van der Waals surface area contributed by atoms with E-state index in [1.165, 1.54) is 6.07 Å². The van der Waals surface area contributed by atoms with E-state index < -0.39 is 23.6 Å². The maximum atomic E-state index is 12.4. The molecule has 0 unspecified atom stereocenters. The highest BCUT2D eigenvalue weighted by molar-refractivity contribution is 5.94. The van der Waals surface area contributed by atoms with Gasteiger partial charge < -0.3 is 10.4 Å². The number of pyridine rings is 1. The number of halogens is 3. The van der Waals surface area contributed by atoms with Crippen LogP contribution in [0.2, 0.25) is 0 Å². The molecule has 31 heavy (non-hydrogen) atoms. The fourth-order valence-electron chi connectivity index (χ4n) is 2.32. The summed E-state index contributed by atoms with van der Waals surface area (Å²) in [6.07, 6.45) is -1.83. The Morgan fingerprint density at radius 1 is 1.13 bits per heavy atom. The summed E-state index contributed by atoms with van der Waals surface area (Å²) in [5.74, 6) is -3.19. The maximum absolute atomic E-state index is 12.4. The number of aliphatic carboxylic acids is 1. The number of carbonyl (C=O) groups is 2. The summed E-state index contributed by atoms with van der Waals surface area (Å²) in [6, 6.07) is 12.8. The van der Waals surface area contributed by atoms with Crippen molar-refractivity contribution in [2.75, 3.05) is 0 Å². The lowest BCUT2D eigenvalue weighted by Gasteiger charge is -2.08. The van der Waals surface area contributed by atoms with Crippen LogP contribution in [-0.2, 0) is 11.3 Å². The molecule has 0 radical (unpaired) electrons. The van der Waals surface area contributed by atoms with Crippen LogP contribution in [0.15, 0.2) is 59.7 Å². The van der Waals surface area contributed by atoms with Crippen LogP contribution in [0.1, 0.15) is 21.5 Å². The van der Waals surface area contributed by atoms with Gasteiger partial charge in [-0.05, 0) is 36.2 Å². The molecule has 3 N–H and O–H groups in total. The van der Waals surface area contributed by atoms with E-state index in [0.29, 0.717) is 12.2 Å². The van der Waals surface area contributed by atoms with Crippen LogP contribution < -0.4 is 10.9 Å². The third-order valence-electron chi connectivity index (χ3n) is 3.97. The summed E-state index contributed by atoms with van der Waals surface area (Å²) in [5, 5.41) is 16.3. The molecule has 1 amide bonds. The molecule has 0 atom stereocenters. The van der Waals surface area contributed by atoms with Crippen molar-refractivity contribution in [1.82, 2.24) is 20.5 Å². The minimum absolute atomic E-state index is 0.0328. The number of carboxylic acid groups (broad SMARTS) is 1. The van der Waals surface area contributed by atoms with Crippen LogP contribution in [0.3, 0.4) is 0 Å². The van der Waals surface area contributed by atoms with Gasteiger partial charge in [0.05, 0.1) is 5.69 Å². The van der Waals surface area contributed by atoms with Gasteiger partial charge in [0.2, 0.25) is 0 Å². The molecule has 1 aromatic carbocycles. The first kappa shape index (κ1) is 23.3. The van der Waals surface area contributed by atoms with Crippen LogP contribution in [0.25, 0.3) is 11.3 Å². The molecule has 0 bridgehead atoms. The highest BCUT2D eigenvalue weighted by atomic mass is 19.4. The van der Waals surface area contributed by atoms with Gasteiger partial charge in [-0.2, -0.15) is 18.3 Å². The van der Waals surface area contributed by atoms with E-state index in [1.54, 1.807) is 24.5 Å². The quantitative estimate of drug-likeness (QED) is 0.580. The number of alkyl halides is 3. The summed E-state index contributed by atoms with van der Waals surface area (Å²) >= 11 is 0. The Hall–Kier alpha value is -4.02. The number of nitrogens with zero attached hydrogens (tertiary/aromatic N) is 2. The second-order valence-corrected chi connectivity index (χ2v) is 6.14. The Morgan fingerprint density at radius 3 is 2.32 bits per heavy atom. The number of hydrogen-bond acceptors (Lipinski definition) is 5. The van der Waals surface area contributed by atoms with E-state index in [-0.39, 0.29) is 5.56 Å².